The van der Waals surface area contributed by atoms with Gasteiger partial charge in [0.2, 0.25) is 5.91 Å². The summed E-state index contributed by atoms with van der Waals surface area (Å²) in [4.78, 5) is 28.5. The molecule has 0 aliphatic carbocycles. The Morgan fingerprint density at radius 1 is 1.62 bits per heavy atom. The molecule has 0 radical (unpaired) electrons. The first-order valence-electron chi connectivity index (χ1n) is 5.13. The highest BCUT2D eigenvalue weighted by Gasteiger charge is 2.28. The molecule has 1 aliphatic heterocycles. The molecule has 1 fully saturated rings. The number of carbonyl (C=O) groups is 2. The van der Waals surface area contributed by atoms with Crippen LogP contribution in [0.2, 0.25) is 0 Å². The number of imide groups is 1. The monoisotopic (exact) mass is 239 g/mol. The molecule has 1 atom stereocenters. The van der Waals surface area contributed by atoms with Crippen LogP contribution < -0.4 is 5.32 Å². The van der Waals surface area contributed by atoms with E-state index in [9.17, 15) is 9.59 Å². The summed E-state index contributed by atoms with van der Waals surface area (Å²) in [6.07, 6.45) is 0.734. The quantitative estimate of drug-likeness (QED) is 0.851. The van der Waals surface area contributed by atoms with E-state index in [2.05, 4.69) is 10.3 Å². The number of carbonyl (C=O) groups excluding carboxylic acids is 2. The van der Waals surface area contributed by atoms with Gasteiger partial charge in [0.15, 0.2) is 0 Å². The van der Waals surface area contributed by atoms with Gasteiger partial charge in [-0.25, -0.2) is 9.78 Å². The molecule has 0 spiro atoms. The number of nitrogens with one attached hydrogen (secondary N) is 1. The molecule has 1 aromatic heterocycles. The van der Waals surface area contributed by atoms with Crippen molar-refractivity contribution in [3.8, 4) is 0 Å². The van der Waals surface area contributed by atoms with Gasteiger partial charge in [-0.05, 0) is 0 Å². The summed E-state index contributed by atoms with van der Waals surface area (Å²) in [5, 5.41) is 4.31. The van der Waals surface area contributed by atoms with E-state index >= 15 is 0 Å². The van der Waals surface area contributed by atoms with Crippen molar-refractivity contribution in [1.82, 2.24) is 15.2 Å². The number of nitrogens with zero attached hydrogens (tertiary/aromatic N) is 2. The van der Waals surface area contributed by atoms with E-state index in [-0.39, 0.29) is 17.9 Å². The second-order valence-electron chi connectivity index (χ2n) is 3.87. The molecule has 86 valence electrons. The number of rotatable bonds is 3. The summed E-state index contributed by atoms with van der Waals surface area (Å²) in [6, 6.07) is -0.293. The molecule has 0 bridgehead atoms. The molecule has 2 rings (SSSR count). The van der Waals surface area contributed by atoms with Crippen LogP contribution in [0.4, 0.5) is 4.79 Å². The van der Waals surface area contributed by atoms with Gasteiger partial charge in [0, 0.05) is 24.9 Å². The minimum atomic E-state index is -0.293. The second-order valence-corrected chi connectivity index (χ2v) is 4.59. The fourth-order valence-electron chi connectivity index (χ4n) is 1.61. The Hall–Kier alpha value is -1.43. The fourth-order valence-corrected chi connectivity index (χ4v) is 2.20. The third-order valence-electron chi connectivity index (χ3n) is 2.58. The van der Waals surface area contributed by atoms with Crippen molar-refractivity contribution < 1.29 is 9.59 Å². The van der Waals surface area contributed by atoms with E-state index in [0.717, 1.165) is 12.1 Å². The van der Waals surface area contributed by atoms with Crippen molar-refractivity contribution in [2.75, 3.05) is 13.1 Å². The van der Waals surface area contributed by atoms with Gasteiger partial charge in [-0.15, -0.1) is 11.3 Å². The molecule has 2 heterocycles. The van der Waals surface area contributed by atoms with Crippen LogP contribution in [0.5, 0.6) is 0 Å². The Kier molecular flexibility index (Phi) is 3.19. The maximum absolute atomic E-state index is 11.5. The molecule has 5 nitrogen and oxygen atoms in total. The average Bonchev–Trinajstić information content (AvgIpc) is 2.74. The topological polar surface area (TPSA) is 62.3 Å². The first-order chi connectivity index (χ1) is 7.66. The van der Waals surface area contributed by atoms with Crippen LogP contribution in [0.3, 0.4) is 0 Å². The van der Waals surface area contributed by atoms with E-state index in [1.807, 2.05) is 12.3 Å². The Bertz CT molecular complexity index is 391. The lowest BCUT2D eigenvalue weighted by Gasteiger charge is -2.30. The molecule has 16 heavy (non-hydrogen) atoms. The van der Waals surface area contributed by atoms with Crippen LogP contribution >= 0.6 is 11.3 Å². The van der Waals surface area contributed by atoms with E-state index in [0.29, 0.717) is 13.1 Å². The number of hydrogen-bond donors (Lipinski definition) is 1. The van der Waals surface area contributed by atoms with Crippen LogP contribution in [-0.4, -0.2) is 34.9 Å². The van der Waals surface area contributed by atoms with E-state index in [4.69, 9.17) is 0 Å². The maximum atomic E-state index is 11.5. The summed E-state index contributed by atoms with van der Waals surface area (Å²) >= 11 is 1.54. The Morgan fingerprint density at radius 3 is 3.12 bits per heavy atom. The third kappa shape index (κ3) is 2.38. The molecule has 3 amide bonds. The molecular weight excluding hydrogens is 226 g/mol. The lowest BCUT2D eigenvalue weighted by atomic mass is 10.1. The van der Waals surface area contributed by atoms with E-state index < -0.39 is 0 Å². The number of hydrogen-bond acceptors (Lipinski definition) is 4. The smallest absolute Gasteiger partial charge is 0.323 e. The lowest BCUT2D eigenvalue weighted by molar-refractivity contribution is -0.125. The number of thiazole rings is 1. The minimum Gasteiger partial charge on any atom is -0.323 e. The first-order valence-corrected chi connectivity index (χ1v) is 6.08. The highest BCUT2D eigenvalue weighted by atomic mass is 32.1. The summed E-state index contributed by atoms with van der Waals surface area (Å²) in [5.41, 5.74) is 2.76. The Morgan fingerprint density at radius 2 is 2.44 bits per heavy atom. The van der Waals surface area contributed by atoms with Gasteiger partial charge in [-0.3, -0.25) is 10.1 Å². The first kappa shape index (κ1) is 11.1. The fraction of sp³-hybridized carbons (Fsp3) is 0.500. The highest BCUT2D eigenvalue weighted by Crippen LogP contribution is 2.09. The Labute approximate surface area is 97.5 Å². The zero-order valence-corrected chi connectivity index (χ0v) is 9.79. The van der Waals surface area contributed by atoms with Gasteiger partial charge in [0.25, 0.3) is 0 Å². The number of aromatic nitrogens is 1. The molecular formula is C10H13N3O2S. The molecule has 1 aliphatic rings. The van der Waals surface area contributed by atoms with Crippen LogP contribution in [0.1, 0.15) is 12.6 Å². The van der Waals surface area contributed by atoms with E-state index in [1.54, 1.807) is 21.7 Å². The number of urea groups is 1. The van der Waals surface area contributed by atoms with Gasteiger partial charge in [-0.1, -0.05) is 6.92 Å². The molecule has 1 unspecified atom stereocenters. The minimum absolute atomic E-state index is 0.131. The van der Waals surface area contributed by atoms with Crippen molar-refractivity contribution in [2.45, 2.75) is 13.3 Å². The average molecular weight is 239 g/mol. The standard InChI is InChI=1S/C10H13N3O2S/c1-7-4-13(10(15)12-9(7)14)3-2-8-5-16-6-11-8/h5-7H,2-4H2,1H3,(H,12,14,15). The van der Waals surface area contributed by atoms with Crippen LogP contribution in [0.25, 0.3) is 0 Å². The SMILES string of the molecule is CC1CN(CCc2cscn2)C(=O)NC1=O. The zero-order chi connectivity index (χ0) is 11.5. The largest absolute Gasteiger partial charge is 0.324 e. The summed E-state index contributed by atoms with van der Waals surface area (Å²) < 4.78 is 0. The van der Waals surface area contributed by atoms with Crippen molar-refractivity contribution in [3.63, 3.8) is 0 Å². The maximum Gasteiger partial charge on any atom is 0.324 e. The van der Waals surface area contributed by atoms with Gasteiger partial charge < -0.3 is 4.90 Å². The summed E-state index contributed by atoms with van der Waals surface area (Å²) in [6.45, 7) is 2.92. The Balaban J connectivity index is 1.90. The summed E-state index contributed by atoms with van der Waals surface area (Å²) in [7, 11) is 0. The predicted molar refractivity (Wildman–Crippen MR) is 60.1 cm³/mol. The van der Waals surface area contributed by atoms with Crippen molar-refractivity contribution in [1.29, 1.82) is 0 Å². The lowest BCUT2D eigenvalue weighted by Crippen LogP contribution is -2.54. The zero-order valence-electron chi connectivity index (χ0n) is 8.97. The van der Waals surface area contributed by atoms with Gasteiger partial charge in [0.1, 0.15) is 0 Å². The van der Waals surface area contributed by atoms with Crippen molar-refractivity contribution >= 4 is 23.3 Å². The highest BCUT2D eigenvalue weighted by molar-refractivity contribution is 7.07. The molecule has 0 aromatic carbocycles. The molecule has 6 heteroatoms. The second kappa shape index (κ2) is 4.61. The van der Waals surface area contributed by atoms with Gasteiger partial charge >= 0.3 is 6.03 Å². The normalized spacial score (nSPS) is 21.1. The molecule has 1 aromatic rings. The number of amides is 3. The molecule has 0 saturated carbocycles. The molecule has 1 N–H and O–H groups in total. The van der Waals surface area contributed by atoms with Crippen molar-refractivity contribution in [2.24, 2.45) is 5.92 Å². The third-order valence-corrected chi connectivity index (χ3v) is 3.22. The predicted octanol–water partition coefficient (Wildman–Crippen LogP) is 0.873. The van der Waals surface area contributed by atoms with Crippen LogP contribution in [-0.2, 0) is 11.2 Å². The van der Waals surface area contributed by atoms with Crippen molar-refractivity contribution in [3.05, 3.63) is 16.6 Å². The molecule has 1 saturated heterocycles. The van der Waals surface area contributed by atoms with Gasteiger partial charge in [0.05, 0.1) is 17.1 Å². The van der Waals surface area contributed by atoms with Crippen LogP contribution in [0, 0.1) is 5.92 Å². The van der Waals surface area contributed by atoms with Gasteiger partial charge in [-0.2, -0.15) is 0 Å². The van der Waals surface area contributed by atoms with E-state index in [1.165, 1.54) is 0 Å². The van der Waals surface area contributed by atoms with Crippen LogP contribution in [0.15, 0.2) is 10.9 Å². The summed E-state index contributed by atoms with van der Waals surface area (Å²) in [5.74, 6) is -0.317.